The van der Waals surface area contributed by atoms with Gasteiger partial charge in [0.25, 0.3) is 0 Å². The van der Waals surface area contributed by atoms with Gasteiger partial charge in [0, 0.05) is 0 Å². The van der Waals surface area contributed by atoms with Crippen LogP contribution < -0.4 is 5.32 Å². The van der Waals surface area contributed by atoms with Crippen LogP contribution in [0, 0.1) is 0 Å². The molecular weight excluding hydrogens is 180 g/mol. The summed E-state index contributed by atoms with van der Waals surface area (Å²) in [7, 11) is 1.91. The van der Waals surface area contributed by atoms with Gasteiger partial charge in [-0.2, -0.15) is 15.4 Å². The van der Waals surface area contributed by atoms with Crippen LogP contribution in [0.4, 0.5) is 0 Å². The number of nitrogens with one attached hydrogen (secondary N) is 2. The molecule has 0 saturated heterocycles. The summed E-state index contributed by atoms with van der Waals surface area (Å²) < 4.78 is 5.30. The van der Waals surface area contributed by atoms with Crippen LogP contribution in [-0.2, 0) is 4.74 Å². The second-order valence-electron chi connectivity index (χ2n) is 3.28. The Kier molecular flexibility index (Phi) is 2.78. The lowest BCUT2D eigenvalue weighted by Gasteiger charge is -2.20. The molecule has 0 aliphatic carbocycles. The molecule has 1 aromatic rings. The number of nitrogens with zero attached hydrogens (tertiary/aromatic N) is 2. The summed E-state index contributed by atoms with van der Waals surface area (Å²) in [5.74, 6) is 0. The number of ether oxygens (including phenoxy) is 1. The average Bonchev–Trinajstić information content (AvgIpc) is 2.74. The highest BCUT2D eigenvalue weighted by Gasteiger charge is 2.19. The molecule has 1 aliphatic heterocycles. The first-order valence-electron chi connectivity index (χ1n) is 4.75. The van der Waals surface area contributed by atoms with E-state index in [0.717, 1.165) is 25.1 Å². The van der Waals surface area contributed by atoms with Gasteiger partial charge < -0.3 is 10.1 Å². The summed E-state index contributed by atoms with van der Waals surface area (Å²) in [6.45, 7) is 0.818. The fraction of sp³-hybridized carbons (Fsp3) is 0.556. The minimum atomic E-state index is 0.119. The monoisotopic (exact) mass is 194 g/mol. The Morgan fingerprint density at radius 1 is 1.64 bits per heavy atom. The number of aromatic nitrogens is 3. The third-order valence-corrected chi connectivity index (χ3v) is 2.35. The van der Waals surface area contributed by atoms with E-state index in [2.05, 4.69) is 20.7 Å². The summed E-state index contributed by atoms with van der Waals surface area (Å²) in [6.07, 6.45) is 5.69. The topological polar surface area (TPSA) is 62.8 Å². The lowest BCUT2D eigenvalue weighted by atomic mass is 10.0. The van der Waals surface area contributed by atoms with Gasteiger partial charge >= 0.3 is 0 Å². The summed E-state index contributed by atoms with van der Waals surface area (Å²) >= 11 is 0. The van der Waals surface area contributed by atoms with Gasteiger partial charge in [0.05, 0.1) is 25.1 Å². The van der Waals surface area contributed by atoms with E-state index >= 15 is 0 Å². The van der Waals surface area contributed by atoms with Crippen molar-refractivity contribution in [2.45, 2.75) is 18.9 Å². The van der Waals surface area contributed by atoms with Gasteiger partial charge in [-0.05, 0) is 25.5 Å². The molecule has 0 saturated carbocycles. The summed E-state index contributed by atoms with van der Waals surface area (Å²) in [5.41, 5.74) is 2.14. The lowest BCUT2D eigenvalue weighted by molar-refractivity contribution is 0.219. The molecule has 2 N–H and O–H groups in total. The average molecular weight is 194 g/mol. The maximum absolute atomic E-state index is 5.30. The highest BCUT2D eigenvalue weighted by molar-refractivity contribution is 5.19. The zero-order chi connectivity index (χ0) is 9.80. The van der Waals surface area contributed by atoms with Crippen LogP contribution >= 0.6 is 0 Å². The van der Waals surface area contributed by atoms with Crippen molar-refractivity contribution in [2.75, 3.05) is 13.7 Å². The quantitative estimate of drug-likeness (QED) is 0.745. The molecule has 0 fully saturated rings. The maximum Gasteiger partial charge on any atom is 0.104 e. The fourth-order valence-electron chi connectivity index (χ4n) is 1.67. The summed E-state index contributed by atoms with van der Waals surface area (Å²) in [4.78, 5) is 0. The van der Waals surface area contributed by atoms with Gasteiger partial charge in [-0.3, -0.25) is 0 Å². The molecule has 5 heteroatoms. The number of likely N-dealkylation sites (N-methyl/N-ethyl adjacent to an activating group) is 1. The Bertz CT molecular complexity index is 307. The predicted molar refractivity (Wildman–Crippen MR) is 51.5 cm³/mol. The molecule has 5 nitrogen and oxygen atoms in total. The van der Waals surface area contributed by atoms with E-state index < -0.39 is 0 Å². The molecule has 0 radical (unpaired) electrons. The van der Waals surface area contributed by atoms with Crippen molar-refractivity contribution in [3.8, 4) is 0 Å². The van der Waals surface area contributed by atoms with E-state index in [1.54, 1.807) is 6.20 Å². The van der Waals surface area contributed by atoms with Gasteiger partial charge in [0.1, 0.15) is 5.69 Å². The number of hydrogen-bond donors (Lipinski definition) is 2. The molecule has 1 atom stereocenters. The number of aromatic amines is 1. The van der Waals surface area contributed by atoms with Gasteiger partial charge in [0.2, 0.25) is 0 Å². The van der Waals surface area contributed by atoms with Crippen molar-refractivity contribution < 1.29 is 4.74 Å². The molecule has 14 heavy (non-hydrogen) atoms. The molecule has 1 aliphatic rings. The largest absolute Gasteiger partial charge is 0.501 e. The van der Waals surface area contributed by atoms with Crippen LogP contribution in [0.25, 0.3) is 0 Å². The Morgan fingerprint density at radius 3 is 3.14 bits per heavy atom. The second kappa shape index (κ2) is 4.23. The van der Waals surface area contributed by atoms with Crippen LogP contribution in [0.2, 0.25) is 0 Å². The SMILES string of the molecule is CNC(C1=COCCC1)c1cn[nH]n1. The smallest absolute Gasteiger partial charge is 0.104 e. The third-order valence-electron chi connectivity index (χ3n) is 2.35. The van der Waals surface area contributed by atoms with Gasteiger partial charge in [0.15, 0.2) is 0 Å². The first-order chi connectivity index (χ1) is 6.92. The maximum atomic E-state index is 5.30. The molecule has 2 heterocycles. The molecule has 76 valence electrons. The molecular formula is C9H14N4O. The van der Waals surface area contributed by atoms with E-state index in [-0.39, 0.29) is 6.04 Å². The van der Waals surface area contributed by atoms with Crippen molar-refractivity contribution in [3.05, 3.63) is 23.7 Å². The van der Waals surface area contributed by atoms with E-state index in [1.807, 2.05) is 13.3 Å². The molecule has 1 aromatic heterocycles. The van der Waals surface area contributed by atoms with E-state index in [4.69, 9.17) is 4.74 Å². The molecule has 1 unspecified atom stereocenters. The van der Waals surface area contributed by atoms with Crippen molar-refractivity contribution in [1.29, 1.82) is 0 Å². The highest BCUT2D eigenvalue weighted by Crippen LogP contribution is 2.25. The first kappa shape index (κ1) is 9.21. The fourth-order valence-corrected chi connectivity index (χ4v) is 1.67. The normalized spacial score (nSPS) is 18.5. The number of rotatable bonds is 3. The Labute approximate surface area is 82.5 Å². The minimum Gasteiger partial charge on any atom is -0.501 e. The van der Waals surface area contributed by atoms with Crippen LogP contribution in [0.3, 0.4) is 0 Å². The van der Waals surface area contributed by atoms with E-state index in [1.165, 1.54) is 5.57 Å². The standard InChI is InChI=1S/C9H14N4O/c1-10-9(8-5-11-13-12-8)7-3-2-4-14-6-7/h5-6,9-10H,2-4H2,1H3,(H,11,12,13). The molecule has 0 spiro atoms. The third kappa shape index (κ3) is 1.77. The predicted octanol–water partition coefficient (Wildman–Crippen LogP) is 0.759. The van der Waals surface area contributed by atoms with Gasteiger partial charge in [-0.1, -0.05) is 0 Å². The van der Waals surface area contributed by atoms with Crippen LogP contribution in [-0.4, -0.2) is 29.1 Å². The highest BCUT2D eigenvalue weighted by atomic mass is 16.5. The van der Waals surface area contributed by atoms with Crippen LogP contribution in [0.1, 0.15) is 24.6 Å². The number of hydrogen-bond acceptors (Lipinski definition) is 4. The Balaban J connectivity index is 2.16. The minimum absolute atomic E-state index is 0.119. The summed E-state index contributed by atoms with van der Waals surface area (Å²) in [5, 5.41) is 13.7. The molecule has 0 aromatic carbocycles. The van der Waals surface area contributed by atoms with E-state index in [9.17, 15) is 0 Å². The zero-order valence-corrected chi connectivity index (χ0v) is 8.16. The van der Waals surface area contributed by atoms with E-state index in [0.29, 0.717) is 0 Å². The van der Waals surface area contributed by atoms with Crippen LogP contribution in [0.5, 0.6) is 0 Å². The molecule has 0 amide bonds. The molecule has 2 rings (SSSR count). The van der Waals surface area contributed by atoms with Crippen LogP contribution in [0.15, 0.2) is 18.0 Å². The van der Waals surface area contributed by atoms with Crippen molar-refractivity contribution in [1.82, 2.24) is 20.7 Å². The lowest BCUT2D eigenvalue weighted by Crippen LogP contribution is -2.21. The summed E-state index contributed by atoms with van der Waals surface area (Å²) in [6, 6.07) is 0.119. The molecule has 0 bridgehead atoms. The Hall–Kier alpha value is -1.36. The van der Waals surface area contributed by atoms with Gasteiger partial charge in [-0.25, -0.2) is 0 Å². The van der Waals surface area contributed by atoms with Crippen molar-refractivity contribution in [2.24, 2.45) is 0 Å². The van der Waals surface area contributed by atoms with Gasteiger partial charge in [-0.15, -0.1) is 0 Å². The number of H-pyrrole nitrogens is 1. The second-order valence-corrected chi connectivity index (χ2v) is 3.28. The Morgan fingerprint density at radius 2 is 2.57 bits per heavy atom. The first-order valence-corrected chi connectivity index (χ1v) is 4.75. The zero-order valence-electron chi connectivity index (χ0n) is 8.16. The van der Waals surface area contributed by atoms with Crippen molar-refractivity contribution in [3.63, 3.8) is 0 Å². The van der Waals surface area contributed by atoms with Crippen molar-refractivity contribution >= 4 is 0 Å².